The zero-order valence-electron chi connectivity index (χ0n) is 9.43. The summed E-state index contributed by atoms with van der Waals surface area (Å²) >= 11 is 0. The Kier molecular flexibility index (Phi) is 4.54. The molecule has 1 rings (SSSR count). The highest BCUT2D eigenvalue weighted by atomic mass is 16.5. The Morgan fingerprint density at radius 2 is 2.25 bits per heavy atom. The van der Waals surface area contributed by atoms with Crippen LogP contribution in [0.15, 0.2) is 0 Å². The van der Waals surface area contributed by atoms with Crippen molar-refractivity contribution in [3.63, 3.8) is 0 Å². The van der Waals surface area contributed by atoms with E-state index in [4.69, 9.17) is 9.84 Å². The second-order valence-corrected chi connectivity index (χ2v) is 3.77. The molecule has 1 fully saturated rings. The van der Waals surface area contributed by atoms with Gasteiger partial charge in [0.15, 0.2) is 0 Å². The summed E-state index contributed by atoms with van der Waals surface area (Å²) in [6.07, 6.45) is 0.0514. The van der Waals surface area contributed by atoms with Crippen molar-refractivity contribution in [2.24, 2.45) is 11.8 Å². The maximum absolute atomic E-state index is 11.0. The number of alkyl carbamates (subject to hydrolysis) is 1. The average molecular weight is 231 g/mol. The number of carboxylic acids is 1. The van der Waals surface area contributed by atoms with E-state index < -0.39 is 18.1 Å². The number of carbonyl (C=O) groups is 2. The molecule has 0 saturated heterocycles. The van der Waals surface area contributed by atoms with Crippen molar-refractivity contribution in [3.05, 3.63) is 0 Å². The van der Waals surface area contributed by atoms with Gasteiger partial charge in [-0.05, 0) is 25.2 Å². The van der Waals surface area contributed by atoms with E-state index in [1.54, 1.807) is 0 Å². The van der Waals surface area contributed by atoms with Gasteiger partial charge in [0.1, 0.15) is 6.04 Å². The van der Waals surface area contributed by atoms with Crippen LogP contribution in [0.2, 0.25) is 0 Å². The molecule has 0 aromatic carbocycles. The van der Waals surface area contributed by atoms with E-state index in [9.17, 15) is 9.59 Å². The maximum atomic E-state index is 11.0. The number of hydrogen-bond acceptors (Lipinski definition) is 4. The molecule has 0 heterocycles. The molecule has 0 spiro atoms. The van der Waals surface area contributed by atoms with E-state index in [0.29, 0.717) is 13.2 Å². The average Bonchev–Trinajstić information content (AvgIpc) is 3.01. The normalized spacial score (nSPS) is 24.6. The Hall–Kier alpha value is -1.30. The molecule has 3 unspecified atom stereocenters. The monoisotopic (exact) mass is 231 g/mol. The fourth-order valence-electron chi connectivity index (χ4n) is 1.68. The van der Waals surface area contributed by atoms with Crippen LogP contribution in [0.3, 0.4) is 0 Å². The van der Waals surface area contributed by atoms with Crippen LogP contribution in [0.5, 0.6) is 0 Å². The lowest BCUT2D eigenvalue weighted by atomic mass is 10.1. The van der Waals surface area contributed by atoms with Crippen LogP contribution in [0, 0.1) is 11.8 Å². The molecule has 0 aromatic heterocycles. The van der Waals surface area contributed by atoms with Crippen molar-refractivity contribution < 1.29 is 24.2 Å². The van der Waals surface area contributed by atoms with Gasteiger partial charge in [-0.25, -0.2) is 9.59 Å². The first-order valence-electron chi connectivity index (χ1n) is 5.25. The van der Waals surface area contributed by atoms with Crippen molar-refractivity contribution >= 4 is 12.1 Å². The van der Waals surface area contributed by atoms with E-state index in [2.05, 4.69) is 10.1 Å². The van der Waals surface area contributed by atoms with Gasteiger partial charge in [-0.3, -0.25) is 0 Å². The van der Waals surface area contributed by atoms with E-state index in [1.807, 2.05) is 6.92 Å². The molecule has 92 valence electrons. The first kappa shape index (κ1) is 12.8. The maximum Gasteiger partial charge on any atom is 0.407 e. The second kappa shape index (κ2) is 5.69. The third-order valence-corrected chi connectivity index (χ3v) is 2.67. The smallest absolute Gasteiger partial charge is 0.407 e. The summed E-state index contributed by atoms with van der Waals surface area (Å²) < 4.78 is 9.59. The zero-order chi connectivity index (χ0) is 12.1. The molecule has 1 saturated carbocycles. The third kappa shape index (κ3) is 3.37. The van der Waals surface area contributed by atoms with Crippen LogP contribution < -0.4 is 5.32 Å². The summed E-state index contributed by atoms with van der Waals surface area (Å²) in [7, 11) is 1.21. The van der Waals surface area contributed by atoms with Crippen molar-refractivity contribution in [2.45, 2.75) is 19.4 Å². The topological polar surface area (TPSA) is 84.9 Å². The number of ether oxygens (including phenoxy) is 2. The van der Waals surface area contributed by atoms with Crippen molar-refractivity contribution in [1.82, 2.24) is 5.32 Å². The molecule has 1 aliphatic carbocycles. The Labute approximate surface area is 93.9 Å². The van der Waals surface area contributed by atoms with Gasteiger partial charge >= 0.3 is 12.1 Å². The Morgan fingerprint density at radius 3 is 2.75 bits per heavy atom. The van der Waals surface area contributed by atoms with Gasteiger partial charge in [0.25, 0.3) is 0 Å². The van der Waals surface area contributed by atoms with Gasteiger partial charge < -0.3 is 19.9 Å². The summed E-state index contributed by atoms with van der Waals surface area (Å²) in [6, 6.07) is -0.877. The largest absolute Gasteiger partial charge is 0.480 e. The molecule has 1 aliphatic rings. The lowest BCUT2D eigenvalue weighted by Crippen LogP contribution is -2.42. The molecule has 0 aromatic rings. The van der Waals surface area contributed by atoms with E-state index in [0.717, 1.165) is 6.42 Å². The van der Waals surface area contributed by atoms with Gasteiger partial charge in [0, 0.05) is 13.2 Å². The molecule has 1 amide bonds. The summed E-state index contributed by atoms with van der Waals surface area (Å²) in [5, 5.41) is 11.3. The van der Waals surface area contributed by atoms with Gasteiger partial charge in [-0.15, -0.1) is 0 Å². The minimum Gasteiger partial charge on any atom is -0.480 e. The molecule has 2 N–H and O–H groups in total. The molecule has 3 atom stereocenters. The highest BCUT2D eigenvalue weighted by Crippen LogP contribution is 2.41. The Balaban J connectivity index is 2.41. The molecule has 6 nitrogen and oxygen atoms in total. The van der Waals surface area contributed by atoms with Crippen LogP contribution in [-0.4, -0.2) is 43.5 Å². The van der Waals surface area contributed by atoms with E-state index >= 15 is 0 Å². The summed E-state index contributed by atoms with van der Waals surface area (Å²) in [5.74, 6) is -0.865. The van der Waals surface area contributed by atoms with Crippen LogP contribution in [-0.2, 0) is 14.3 Å². The zero-order valence-corrected chi connectivity index (χ0v) is 9.43. The first-order chi connectivity index (χ1) is 7.60. The Bertz CT molecular complexity index is 268. The third-order valence-electron chi connectivity index (χ3n) is 2.67. The number of nitrogens with one attached hydrogen (secondary N) is 1. The van der Waals surface area contributed by atoms with E-state index in [1.165, 1.54) is 7.11 Å². The van der Waals surface area contributed by atoms with Crippen LogP contribution in [0.25, 0.3) is 0 Å². The Morgan fingerprint density at radius 1 is 1.56 bits per heavy atom. The molecule has 0 bridgehead atoms. The summed E-state index contributed by atoms with van der Waals surface area (Å²) in [4.78, 5) is 21.9. The summed E-state index contributed by atoms with van der Waals surface area (Å²) in [5.41, 5.74) is 0. The molecule has 6 heteroatoms. The number of aliphatic carboxylic acids is 1. The SMILES string of the molecule is CCOCC1CC1C(NC(=O)OC)C(=O)O. The van der Waals surface area contributed by atoms with Crippen LogP contribution in [0.4, 0.5) is 4.79 Å². The highest BCUT2D eigenvalue weighted by Gasteiger charge is 2.47. The molecular formula is C10H17NO5. The number of carbonyl (C=O) groups excluding carboxylic acids is 1. The summed E-state index contributed by atoms with van der Waals surface area (Å²) in [6.45, 7) is 3.05. The van der Waals surface area contributed by atoms with Crippen LogP contribution >= 0.6 is 0 Å². The molecule has 0 aliphatic heterocycles. The quantitative estimate of drug-likeness (QED) is 0.694. The van der Waals surface area contributed by atoms with Crippen molar-refractivity contribution in [2.75, 3.05) is 20.3 Å². The molecular weight excluding hydrogens is 214 g/mol. The predicted molar refractivity (Wildman–Crippen MR) is 55.1 cm³/mol. The highest BCUT2D eigenvalue weighted by molar-refractivity contribution is 5.80. The molecule has 16 heavy (non-hydrogen) atoms. The predicted octanol–water partition coefficient (Wildman–Crippen LogP) is 0.468. The second-order valence-electron chi connectivity index (χ2n) is 3.77. The van der Waals surface area contributed by atoms with Gasteiger partial charge in [0.2, 0.25) is 0 Å². The fraction of sp³-hybridized carbons (Fsp3) is 0.800. The number of hydrogen-bond donors (Lipinski definition) is 2. The lowest BCUT2D eigenvalue weighted by molar-refractivity contribution is -0.140. The van der Waals surface area contributed by atoms with E-state index in [-0.39, 0.29) is 11.8 Å². The first-order valence-corrected chi connectivity index (χ1v) is 5.25. The standard InChI is InChI=1S/C10H17NO5/c1-3-16-5-6-4-7(6)8(9(12)13)11-10(14)15-2/h6-8H,3-5H2,1-2H3,(H,11,14)(H,12,13). The number of carboxylic acid groups (broad SMARTS) is 1. The minimum atomic E-state index is -1.03. The van der Waals surface area contributed by atoms with Crippen LogP contribution in [0.1, 0.15) is 13.3 Å². The van der Waals surface area contributed by atoms with Crippen molar-refractivity contribution in [3.8, 4) is 0 Å². The fourth-order valence-corrected chi connectivity index (χ4v) is 1.68. The number of methoxy groups -OCH3 is 1. The van der Waals surface area contributed by atoms with Gasteiger partial charge in [-0.2, -0.15) is 0 Å². The minimum absolute atomic E-state index is 0.0526. The van der Waals surface area contributed by atoms with Gasteiger partial charge in [0.05, 0.1) is 7.11 Å². The van der Waals surface area contributed by atoms with Crippen molar-refractivity contribution in [1.29, 1.82) is 0 Å². The van der Waals surface area contributed by atoms with Gasteiger partial charge in [-0.1, -0.05) is 0 Å². The number of rotatable bonds is 6. The molecule has 0 radical (unpaired) electrons. The number of amides is 1. The lowest BCUT2D eigenvalue weighted by Gasteiger charge is -2.13.